The highest BCUT2D eigenvalue weighted by Crippen LogP contribution is 2.31. The van der Waals surface area contributed by atoms with Crippen molar-refractivity contribution < 1.29 is 0 Å². The van der Waals surface area contributed by atoms with Crippen molar-refractivity contribution in [3.63, 3.8) is 0 Å². The monoisotopic (exact) mass is 201 g/mol. The number of aromatic amines is 1. The Balaban J connectivity index is 2.55. The minimum Gasteiger partial charge on any atom is -0.346 e. The lowest BCUT2D eigenvalue weighted by Crippen LogP contribution is -1.71. The number of aromatic nitrogens is 1. The van der Waals surface area contributed by atoms with Crippen LogP contribution >= 0.6 is 11.3 Å². The van der Waals surface area contributed by atoms with Gasteiger partial charge in [-0.15, -0.1) is 11.3 Å². The van der Waals surface area contributed by atoms with E-state index in [-0.39, 0.29) is 0 Å². The summed E-state index contributed by atoms with van der Waals surface area (Å²) < 4.78 is 0. The second-order valence-corrected chi connectivity index (χ2v) is 5.03. The highest BCUT2D eigenvalue weighted by Gasteiger charge is 2.06. The first-order valence-electron chi connectivity index (χ1n) is 4.72. The Hall–Kier alpha value is -1.28. The molecule has 3 rings (SSSR count). The van der Waals surface area contributed by atoms with Gasteiger partial charge in [0.1, 0.15) is 4.83 Å². The molecule has 70 valence electrons. The number of aryl methyl sites for hydroxylation is 2. The molecule has 2 aromatic heterocycles. The lowest BCUT2D eigenvalue weighted by Gasteiger charge is -1.92. The van der Waals surface area contributed by atoms with E-state index >= 15 is 0 Å². The van der Waals surface area contributed by atoms with Gasteiger partial charge in [0, 0.05) is 21.2 Å². The number of rotatable bonds is 0. The fourth-order valence-electron chi connectivity index (χ4n) is 1.92. The van der Waals surface area contributed by atoms with Crippen LogP contribution in [0.15, 0.2) is 24.3 Å². The minimum absolute atomic E-state index is 1.25. The van der Waals surface area contributed by atoms with E-state index in [2.05, 4.69) is 43.1 Å². The van der Waals surface area contributed by atoms with Gasteiger partial charge in [-0.2, -0.15) is 0 Å². The number of nitrogens with one attached hydrogen (secondary N) is 1. The standard InChI is InChI=1S/C12H11NS/c1-7-3-4-11-9(5-7)10-6-8(2)14-12(10)13-11/h3-6,13H,1-2H3. The molecule has 14 heavy (non-hydrogen) atoms. The molecule has 0 saturated heterocycles. The van der Waals surface area contributed by atoms with E-state index in [0.29, 0.717) is 0 Å². The van der Waals surface area contributed by atoms with E-state index in [0.717, 1.165) is 0 Å². The van der Waals surface area contributed by atoms with E-state index in [9.17, 15) is 0 Å². The summed E-state index contributed by atoms with van der Waals surface area (Å²) in [6.45, 7) is 4.29. The summed E-state index contributed by atoms with van der Waals surface area (Å²) in [5.74, 6) is 0. The summed E-state index contributed by atoms with van der Waals surface area (Å²) >= 11 is 1.83. The summed E-state index contributed by atoms with van der Waals surface area (Å²) in [5.41, 5.74) is 2.57. The quantitative estimate of drug-likeness (QED) is 0.566. The number of hydrogen-bond donors (Lipinski definition) is 1. The van der Waals surface area contributed by atoms with E-state index in [4.69, 9.17) is 0 Å². The molecule has 2 heteroatoms. The number of thiophene rings is 1. The van der Waals surface area contributed by atoms with Crippen LogP contribution in [-0.2, 0) is 0 Å². The molecule has 1 N–H and O–H groups in total. The third kappa shape index (κ3) is 1.01. The van der Waals surface area contributed by atoms with Gasteiger partial charge >= 0.3 is 0 Å². The fraction of sp³-hybridized carbons (Fsp3) is 0.167. The van der Waals surface area contributed by atoms with Crippen LogP contribution in [0.5, 0.6) is 0 Å². The molecule has 0 amide bonds. The van der Waals surface area contributed by atoms with Crippen LogP contribution in [-0.4, -0.2) is 4.98 Å². The van der Waals surface area contributed by atoms with Gasteiger partial charge < -0.3 is 4.98 Å². The molecule has 0 spiro atoms. The number of hydrogen-bond acceptors (Lipinski definition) is 1. The van der Waals surface area contributed by atoms with Crippen LogP contribution in [0, 0.1) is 13.8 Å². The molecular weight excluding hydrogens is 190 g/mol. The summed E-state index contributed by atoms with van der Waals surface area (Å²) in [6.07, 6.45) is 0. The first-order chi connectivity index (χ1) is 6.74. The molecule has 3 aromatic rings. The Bertz CT molecular complexity index is 616. The third-order valence-corrected chi connectivity index (χ3v) is 3.53. The molecule has 0 bridgehead atoms. The second-order valence-electron chi connectivity index (χ2n) is 3.77. The van der Waals surface area contributed by atoms with Gasteiger partial charge in [0.05, 0.1) is 0 Å². The Morgan fingerprint density at radius 3 is 2.79 bits per heavy atom. The van der Waals surface area contributed by atoms with E-state index in [1.807, 2.05) is 11.3 Å². The van der Waals surface area contributed by atoms with Crippen LogP contribution in [0.1, 0.15) is 10.4 Å². The molecule has 1 nitrogen and oxygen atoms in total. The Morgan fingerprint density at radius 1 is 1.07 bits per heavy atom. The van der Waals surface area contributed by atoms with E-state index in [1.165, 1.54) is 31.6 Å². The lowest BCUT2D eigenvalue weighted by molar-refractivity contribution is 1.49. The zero-order chi connectivity index (χ0) is 9.71. The van der Waals surface area contributed by atoms with Gasteiger partial charge in [-0.05, 0) is 32.0 Å². The molecule has 0 atom stereocenters. The normalized spacial score (nSPS) is 11.6. The van der Waals surface area contributed by atoms with Crippen LogP contribution in [0.2, 0.25) is 0 Å². The van der Waals surface area contributed by atoms with Crippen molar-refractivity contribution >= 4 is 32.5 Å². The highest BCUT2D eigenvalue weighted by atomic mass is 32.1. The van der Waals surface area contributed by atoms with Crippen molar-refractivity contribution in [3.8, 4) is 0 Å². The van der Waals surface area contributed by atoms with E-state index < -0.39 is 0 Å². The van der Waals surface area contributed by atoms with Gasteiger partial charge in [0.25, 0.3) is 0 Å². The average Bonchev–Trinajstić information content (AvgIpc) is 2.62. The van der Waals surface area contributed by atoms with Crippen LogP contribution < -0.4 is 0 Å². The maximum absolute atomic E-state index is 3.44. The number of benzene rings is 1. The van der Waals surface area contributed by atoms with Crippen molar-refractivity contribution in [3.05, 3.63) is 34.7 Å². The van der Waals surface area contributed by atoms with Crippen molar-refractivity contribution in [1.29, 1.82) is 0 Å². The topological polar surface area (TPSA) is 15.8 Å². The molecule has 0 unspecified atom stereocenters. The Kier molecular flexibility index (Phi) is 1.50. The number of H-pyrrole nitrogens is 1. The molecule has 0 aliphatic rings. The van der Waals surface area contributed by atoms with Crippen molar-refractivity contribution in [2.75, 3.05) is 0 Å². The molecule has 0 aliphatic heterocycles. The molecule has 0 radical (unpaired) electrons. The largest absolute Gasteiger partial charge is 0.346 e. The van der Waals surface area contributed by atoms with Gasteiger partial charge in [-0.1, -0.05) is 11.6 Å². The third-order valence-electron chi connectivity index (χ3n) is 2.57. The van der Waals surface area contributed by atoms with Crippen LogP contribution in [0.4, 0.5) is 0 Å². The molecule has 0 fully saturated rings. The Morgan fingerprint density at radius 2 is 1.93 bits per heavy atom. The van der Waals surface area contributed by atoms with Gasteiger partial charge in [-0.25, -0.2) is 0 Å². The first kappa shape index (κ1) is 8.06. The molecule has 1 aromatic carbocycles. The summed E-state index contributed by atoms with van der Waals surface area (Å²) in [7, 11) is 0. The summed E-state index contributed by atoms with van der Waals surface area (Å²) in [5, 5.41) is 2.72. The average molecular weight is 201 g/mol. The lowest BCUT2D eigenvalue weighted by atomic mass is 10.1. The molecular formula is C12H11NS. The summed E-state index contributed by atoms with van der Waals surface area (Å²) in [4.78, 5) is 6.11. The van der Waals surface area contributed by atoms with E-state index in [1.54, 1.807) is 0 Å². The van der Waals surface area contributed by atoms with Gasteiger partial charge in [0.2, 0.25) is 0 Å². The fourth-order valence-corrected chi connectivity index (χ4v) is 2.86. The van der Waals surface area contributed by atoms with Crippen LogP contribution in [0.25, 0.3) is 21.1 Å². The Labute approximate surface area is 86.4 Å². The van der Waals surface area contributed by atoms with Gasteiger partial charge in [-0.3, -0.25) is 0 Å². The first-order valence-corrected chi connectivity index (χ1v) is 5.54. The zero-order valence-corrected chi connectivity index (χ0v) is 9.03. The SMILES string of the molecule is Cc1ccc2[nH]c3sc(C)cc3c2c1. The maximum Gasteiger partial charge on any atom is 0.101 e. The van der Waals surface area contributed by atoms with Crippen molar-refractivity contribution in [2.24, 2.45) is 0 Å². The second kappa shape index (κ2) is 2.61. The predicted octanol–water partition coefficient (Wildman–Crippen LogP) is 4.00. The smallest absolute Gasteiger partial charge is 0.101 e. The minimum atomic E-state index is 1.25. The molecule has 2 heterocycles. The maximum atomic E-state index is 3.44. The highest BCUT2D eigenvalue weighted by molar-refractivity contribution is 7.18. The van der Waals surface area contributed by atoms with Crippen molar-refractivity contribution in [2.45, 2.75) is 13.8 Å². The summed E-state index contributed by atoms with van der Waals surface area (Å²) in [6, 6.07) is 8.82. The number of fused-ring (bicyclic) bond motifs is 3. The molecule has 0 saturated carbocycles. The molecule has 0 aliphatic carbocycles. The zero-order valence-electron chi connectivity index (χ0n) is 8.22. The van der Waals surface area contributed by atoms with Crippen LogP contribution in [0.3, 0.4) is 0 Å². The predicted molar refractivity (Wildman–Crippen MR) is 63.2 cm³/mol. The van der Waals surface area contributed by atoms with Crippen molar-refractivity contribution in [1.82, 2.24) is 4.98 Å². The van der Waals surface area contributed by atoms with Gasteiger partial charge in [0.15, 0.2) is 0 Å².